The summed E-state index contributed by atoms with van der Waals surface area (Å²) in [5, 5.41) is 6.90. The highest BCUT2D eigenvalue weighted by molar-refractivity contribution is 7.98. The maximum atomic E-state index is 13.1. The van der Waals surface area contributed by atoms with E-state index in [1.165, 1.54) is 0 Å². The number of rotatable bonds is 8. The smallest absolute Gasteiger partial charge is 0.267 e. The lowest BCUT2D eigenvalue weighted by Gasteiger charge is -2.12. The average Bonchev–Trinajstić information content (AvgIpc) is 3.27. The Morgan fingerprint density at radius 1 is 0.971 bits per heavy atom. The van der Waals surface area contributed by atoms with Crippen molar-refractivity contribution in [2.75, 3.05) is 12.8 Å². The highest BCUT2D eigenvalue weighted by Crippen LogP contribution is 2.18. The van der Waals surface area contributed by atoms with Crippen molar-refractivity contribution in [2.45, 2.75) is 18.2 Å². The minimum absolute atomic E-state index is 0.210. The van der Waals surface area contributed by atoms with Gasteiger partial charge in [0.25, 0.3) is 11.8 Å². The van der Waals surface area contributed by atoms with Gasteiger partial charge in [0, 0.05) is 34.1 Å². The fourth-order valence-electron chi connectivity index (χ4n) is 3.67. The Hall–Kier alpha value is -3.77. The van der Waals surface area contributed by atoms with Crippen LogP contribution in [0, 0.1) is 6.92 Å². The Bertz CT molecular complexity index is 1320. The van der Waals surface area contributed by atoms with Crippen LogP contribution in [0.15, 0.2) is 89.6 Å². The van der Waals surface area contributed by atoms with E-state index in [9.17, 15) is 9.59 Å². The Morgan fingerprint density at radius 3 is 2.44 bits per heavy atom. The molecule has 0 radical (unpaired) electrons. The highest BCUT2D eigenvalue weighted by atomic mass is 32.2. The molecule has 172 valence electrons. The average molecular weight is 470 g/mol. The third kappa shape index (κ3) is 5.77. The summed E-state index contributed by atoms with van der Waals surface area (Å²) in [5.41, 5.74) is 4.82. The molecule has 6 heteroatoms. The van der Waals surface area contributed by atoms with Crippen molar-refractivity contribution in [3.05, 3.63) is 107 Å². The molecule has 2 amide bonds. The van der Waals surface area contributed by atoms with Crippen LogP contribution in [0.4, 0.5) is 0 Å². The minimum Gasteiger partial charge on any atom is -0.361 e. The number of fused-ring (bicyclic) bond motifs is 1. The molecule has 0 aliphatic rings. The Kier molecular flexibility index (Phi) is 7.50. The monoisotopic (exact) mass is 469 g/mol. The summed E-state index contributed by atoms with van der Waals surface area (Å²) in [4.78, 5) is 30.3. The quantitative estimate of drug-likeness (QED) is 0.241. The number of thioether (sulfide) groups is 1. The van der Waals surface area contributed by atoms with Crippen LogP contribution in [-0.4, -0.2) is 29.6 Å². The van der Waals surface area contributed by atoms with E-state index in [4.69, 9.17) is 0 Å². The molecule has 0 fully saturated rings. The van der Waals surface area contributed by atoms with Gasteiger partial charge in [0.15, 0.2) is 0 Å². The third-order valence-electron chi connectivity index (χ3n) is 5.59. The second-order valence-electron chi connectivity index (χ2n) is 8.02. The third-order valence-corrected chi connectivity index (χ3v) is 6.33. The van der Waals surface area contributed by atoms with Crippen LogP contribution in [0.5, 0.6) is 0 Å². The van der Waals surface area contributed by atoms with Crippen LogP contribution in [0.1, 0.15) is 27.0 Å². The zero-order chi connectivity index (χ0) is 23.9. The van der Waals surface area contributed by atoms with Crippen molar-refractivity contribution in [3.63, 3.8) is 0 Å². The predicted molar refractivity (Wildman–Crippen MR) is 140 cm³/mol. The van der Waals surface area contributed by atoms with Crippen LogP contribution >= 0.6 is 11.8 Å². The highest BCUT2D eigenvalue weighted by Gasteiger charge is 2.15. The lowest BCUT2D eigenvalue weighted by atomic mass is 10.1. The van der Waals surface area contributed by atoms with Crippen molar-refractivity contribution >= 4 is 40.6 Å². The second-order valence-corrected chi connectivity index (χ2v) is 8.90. The van der Waals surface area contributed by atoms with E-state index >= 15 is 0 Å². The van der Waals surface area contributed by atoms with Gasteiger partial charge in [-0.25, -0.2) is 0 Å². The molecule has 4 aromatic rings. The molecule has 34 heavy (non-hydrogen) atoms. The van der Waals surface area contributed by atoms with Gasteiger partial charge in [0.05, 0.1) is 0 Å². The topological polar surface area (TPSA) is 74.0 Å². The summed E-state index contributed by atoms with van der Waals surface area (Å²) < 4.78 is 0. The Balaban J connectivity index is 1.49. The second kappa shape index (κ2) is 10.9. The first-order valence-electron chi connectivity index (χ1n) is 11.1. The van der Waals surface area contributed by atoms with Crippen LogP contribution in [0.25, 0.3) is 17.0 Å². The van der Waals surface area contributed by atoms with Crippen molar-refractivity contribution in [2.24, 2.45) is 0 Å². The number of benzene rings is 3. The lowest BCUT2D eigenvalue weighted by molar-refractivity contribution is -0.117. The van der Waals surface area contributed by atoms with Gasteiger partial charge in [0.2, 0.25) is 0 Å². The molecule has 0 saturated heterocycles. The SMILES string of the molecule is CSc1ccc(/C=C(\NC(=O)c2ccc(C)cc2)C(=O)NCCc2c[nH]c3ccccc23)cc1. The standard InChI is InChI=1S/C28H27N3O2S/c1-19-7-11-21(12-8-19)27(32)31-26(17-20-9-13-23(34-2)14-10-20)28(33)29-16-15-22-18-30-25-6-4-3-5-24(22)25/h3-14,17-18,30H,15-16H2,1-2H3,(H,29,33)(H,31,32)/b26-17-. The van der Waals surface area contributed by atoms with Gasteiger partial charge >= 0.3 is 0 Å². The van der Waals surface area contributed by atoms with Gasteiger partial charge in [-0.1, -0.05) is 48.0 Å². The molecule has 0 spiro atoms. The van der Waals surface area contributed by atoms with Crippen LogP contribution in [0.3, 0.4) is 0 Å². The normalized spacial score (nSPS) is 11.4. The number of hydrogen-bond acceptors (Lipinski definition) is 3. The summed E-state index contributed by atoms with van der Waals surface area (Å²) in [7, 11) is 0. The molecule has 4 rings (SSSR count). The molecular formula is C28H27N3O2S. The van der Waals surface area contributed by atoms with E-state index in [2.05, 4.69) is 21.7 Å². The lowest BCUT2D eigenvalue weighted by Crippen LogP contribution is -2.35. The molecule has 1 heterocycles. The van der Waals surface area contributed by atoms with Crippen LogP contribution in [0.2, 0.25) is 0 Å². The van der Waals surface area contributed by atoms with E-state index in [1.807, 2.05) is 74.0 Å². The molecule has 0 aliphatic carbocycles. The number of aryl methyl sites for hydroxylation is 1. The van der Waals surface area contributed by atoms with E-state index in [-0.39, 0.29) is 17.5 Å². The van der Waals surface area contributed by atoms with Crippen LogP contribution in [-0.2, 0) is 11.2 Å². The molecule has 3 aromatic carbocycles. The Labute approximate surface area is 203 Å². The molecule has 0 saturated carbocycles. The van der Waals surface area contributed by atoms with Gasteiger partial charge in [0.1, 0.15) is 5.70 Å². The number of nitrogens with one attached hydrogen (secondary N) is 3. The number of aromatic amines is 1. The van der Waals surface area contributed by atoms with E-state index in [0.29, 0.717) is 18.5 Å². The number of carbonyl (C=O) groups is 2. The zero-order valence-corrected chi connectivity index (χ0v) is 20.0. The molecule has 0 atom stereocenters. The summed E-state index contributed by atoms with van der Waals surface area (Å²) >= 11 is 1.65. The first-order chi connectivity index (χ1) is 16.5. The van der Waals surface area contributed by atoms with Gasteiger partial charge in [-0.05, 0) is 67.1 Å². The molecule has 0 bridgehead atoms. The summed E-state index contributed by atoms with van der Waals surface area (Å²) in [6.45, 7) is 2.41. The van der Waals surface area contributed by atoms with Gasteiger partial charge < -0.3 is 15.6 Å². The molecule has 1 aromatic heterocycles. The van der Waals surface area contributed by atoms with Gasteiger partial charge in [-0.15, -0.1) is 11.8 Å². The molecule has 5 nitrogen and oxygen atoms in total. The minimum atomic E-state index is -0.325. The van der Waals surface area contributed by atoms with E-state index in [1.54, 1.807) is 30.0 Å². The van der Waals surface area contributed by atoms with Gasteiger partial charge in [-0.2, -0.15) is 0 Å². The van der Waals surface area contributed by atoms with Crippen LogP contribution < -0.4 is 10.6 Å². The maximum absolute atomic E-state index is 13.1. The van der Waals surface area contributed by atoms with Crippen molar-refractivity contribution in [1.29, 1.82) is 0 Å². The molecule has 3 N–H and O–H groups in total. The number of amides is 2. The van der Waals surface area contributed by atoms with Crippen molar-refractivity contribution in [3.8, 4) is 0 Å². The van der Waals surface area contributed by atoms with E-state index in [0.717, 1.165) is 32.5 Å². The summed E-state index contributed by atoms with van der Waals surface area (Å²) in [6, 6.07) is 23.2. The first kappa shape index (κ1) is 23.4. The number of carbonyl (C=O) groups excluding carboxylic acids is 2. The molecule has 0 unspecified atom stereocenters. The predicted octanol–water partition coefficient (Wildman–Crippen LogP) is 5.33. The number of para-hydroxylation sites is 1. The first-order valence-corrected chi connectivity index (χ1v) is 12.3. The fraction of sp³-hybridized carbons (Fsp3) is 0.143. The summed E-state index contributed by atoms with van der Waals surface area (Å²) in [6.07, 6.45) is 6.37. The van der Waals surface area contributed by atoms with Crippen molar-refractivity contribution in [1.82, 2.24) is 15.6 Å². The summed E-state index contributed by atoms with van der Waals surface area (Å²) in [5.74, 6) is -0.645. The van der Waals surface area contributed by atoms with Gasteiger partial charge in [-0.3, -0.25) is 9.59 Å². The molecular weight excluding hydrogens is 442 g/mol. The fourth-order valence-corrected chi connectivity index (χ4v) is 4.08. The number of hydrogen-bond donors (Lipinski definition) is 3. The van der Waals surface area contributed by atoms with Crippen molar-refractivity contribution < 1.29 is 9.59 Å². The zero-order valence-electron chi connectivity index (χ0n) is 19.2. The van der Waals surface area contributed by atoms with E-state index < -0.39 is 0 Å². The molecule has 0 aliphatic heterocycles. The maximum Gasteiger partial charge on any atom is 0.267 e. The number of aromatic nitrogens is 1. The number of H-pyrrole nitrogens is 1. The largest absolute Gasteiger partial charge is 0.361 e. The Morgan fingerprint density at radius 2 is 1.71 bits per heavy atom.